The van der Waals surface area contributed by atoms with Crippen LogP contribution >= 0.6 is 0 Å². The number of ether oxygens (including phenoxy) is 2. The summed E-state index contributed by atoms with van der Waals surface area (Å²) in [4.78, 5) is 16.5. The molecular weight excluding hydrogens is 294 g/mol. The smallest absolute Gasteiger partial charge is 0.229 e. The number of aromatic nitrogens is 1. The molecule has 3 N–H and O–H groups in total. The molecule has 0 bridgehead atoms. The van der Waals surface area contributed by atoms with Crippen molar-refractivity contribution in [2.75, 3.05) is 13.8 Å². The molecule has 23 heavy (non-hydrogen) atoms. The van der Waals surface area contributed by atoms with Gasteiger partial charge in [0.15, 0.2) is 0 Å². The van der Waals surface area contributed by atoms with Crippen LogP contribution in [0.1, 0.15) is 18.2 Å². The van der Waals surface area contributed by atoms with Gasteiger partial charge in [0.1, 0.15) is 12.5 Å². The number of nitrogens with two attached hydrogens (primary N) is 1. The molecular formula is C17H23N3O3. The predicted molar refractivity (Wildman–Crippen MR) is 87.4 cm³/mol. The van der Waals surface area contributed by atoms with E-state index in [1.807, 2.05) is 38.1 Å². The van der Waals surface area contributed by atoms with E-state index in [0.717, 1.165) is 11.3 Å². The largest absolute Gasteiger partial charge is 0.439 e. The van der Waals surface area contributed by atoms with E-state index in [1.165, 1.54) is 7.11 Å². The van der Waals surface area contributed by atoms with Gasteiger partial charge in [-0.15, -0.1) is 0 Å². The Kier molecular flexibility index (Phi) is 5.90. The van der Waals surface area contributed by atoms with Gasteiger partial charge >= 0.3 is 0 Å². The van der Waals surface area contributed by atoms with Crippen molar-refractivity contribution in [3.05, 3.63) is 47.4 Å². The van der Waals surface area contributed by atoms with Gasteiger partial charge < -0.3 is 20.5 Å². The van der Waals surface area contributed by atoms with Crippen LogP contribution in [0.3, 0.4) is 0 Å². The molecule has 0 radical (unpaired) electrons. The minimum absolute atomic E-state index is 0.0873. The molecule has 6 nitrogen and oxygen atoms in total. The van der Waals surface area contributed by atoms with E-state index in [0.29, 0.717) is 18.2 Å². The van der Waals surface area contributed by atoms with Crippen molar-refractivity contribution in [2.45, 2.75) is 20.4 Å². The van der Waals surface area contributed by atoms with Crippen molar-refractivity contribution in [2.24, 2.45) is 17.6 Å². The Morgan fingerprint density at radius 2 is 2.22 bits per heavy atom. The Labute approximate surface area is 136 Å². The molecule has 1 aromatic heterocycles. The Morgan fingerprint density at radius 3 is 2.91 bits per heavy atom. The van der Waals surface area contributed by atoms with Gasteiger partial charge in [-0.05, 0) is 36.6 Å². The summed E-state index contributed by atoms with van der Waals surface area (Å²) in [7, 11) is 1.54. The van der Waals surface area contributed by atoms with E-state index in [4.69, 9.17) is 15.2 Å². The third kappa shape index (κ3) is 4.64. The van der Waals surface area contributed by atoms with Gasteiger partial charge in [0.25, 0.3) is 0 Å². The van der Waals surface area contributed by atoms with Gasteiger partial charge in [-0.25, -0.2) is 4.98 Å². The van der Waals surface area contributed by atoms with E-state index in [1.54, 1.807) is 6.07 Å². The molecule has 1 aromatic rings. The average molecular weight is 317 g/mol. The van der Waals surface area contributed by atoms with Gasteiger partial charge in [0, 0.05) is 25.4 Å². The number of hydrogen-bond acceptors (Lipinski definition) is 5. The minimum atomic E-state index is -0.302. The summed E-state index contributed by atoms with van der Waals surface area (Å²) in [5.41, 5.74) is 7.46. The van der Waals surface area contributed by atoms with E-state index in [2.05, 4.69) is 10.3 Å². The number of carbonyl (C=O) groups is 1. The SMILES string of the molecule is COCNC(=O)C1C=C(Oc2cc(CN)cc(C)n2)C=CC1C. The first-order valence-electron chi connectivity index (χ1n) is 7.55. The van der Waals surface area contributed by atoms with Crippen LogP contribution in [-0.2, 0) is 16.1 Å². The van der Waals surface area contributed by atoms with Crippen molar-refractivity contribution in [3.63, 3.8) is 0 Å². The van der Waals surface area contributed by atoms with Crippen LogP contribution < -0.4 is 15.8 Å². The van der Waals surface area contributed by atoms with E-state index in [9.17, 15) is 4.79 Å². The van der Waals surface area contributed by atoms with Crippen LogP contribution in [0.4, 0.5) is 0 Å². The highest BCUT2D eigenvalue weighted by molar-refractivity contribution is 5.81. The molecule has 0 saturated carbocycles. The zero-order chi connectivity index (χ0) is 16.8. The molecule has 2 atom stereocenters. The number of aryl methyl sites for hydroxylation is 1. The second kappa shape index (κ2) is 7.89. The molecule has 0 saturated heterocycles. The summed E-state index contributed by atoms with van der Waals surface area (Å²) in [6.07, 6.45) is 5.62. The molecule has 0 aromatic carbocycles. The van der Waals surface area contributed by atoms with Gasteiger partial charge in [0.2, 0.25) is 11.8 Å². The second-order valence-electron chi connectivity index (χ2n) is 5.55. The number of methoxy groups -OCH3 is 1. The van der Waals surface area contributed by atoms with E-state index >= 15 is 0 Å². The number of amides is 1. The summed E-state index contributed by atoms with van der Waals surface area (Å²) in [6.45, 7) is 4.49. The summed E-state index contributed by atoms with van der Waals surface area (Å²) < 4.78 is 10.7. The number of rotatable bonds is 6. The van der Waals surface area contributed by atoms with Crippen LogP contribution in [0.5, 0.6) is 5.88 Å². The number of hydrogen-bond donors (Lipinski definition) is 2. The van der Waals surface area contributed by atoms with E-state index < -0.39 is 0 Å². The number of carbonyl (C=O) groups excluding carboxylic acids is 1. The monoisotopic (exact) mass is 317 g/mol. The zero-order valence-electron chi connectivity index (χ0n) is 13.7. The first kappa shape index (κ1) is 17.2. The highest BCUT2D eigenvalue weighted by Gasteiger charge is 2.25. The highest BCUT2D eigenvalue weighted by Crippen LogP contribution is 2.25. The summed E-state index contributed by atoms with van der Waals surface area (Å²) >= 11 is 0. The number of nitrogens with zero attached hydrogens (tertiary/aromatic N) is 1. The summed E-state index contributed by atoms with van der Waals surface area (Å²) in [6, 6.07) is 3.72. The van der Waals surface area contributed by atoms with Crippen LogP contribution in [0.25, 0.3) is 0 Å². The molecule has 124 valence electrons. The lowest BCUT2D eigenvalue weighted by Crippen LogP contribution is -2.35. The lowest BCUT2D eigenvalue weighted by atomic mass is 9.88. The van der Waals surface area contributed by atoms with Crippen molar-refractivity contribution >= 4 is 5.91 Å². The first-order chi connectivity index (χ1) is 11.0. The predicted octanol–water partition coefficient (Wildman–Crippen LogP) is 1.65. The standard InChI is InChI=1S/C17H23N3O3/c1-11-4-5-14(8-15(11)17(21)19-10-22-3)23-16-7-13(9-18)6-12(2)20-16/h4-8,11,15H,9-10,18H2,1-3H3,(H,19,21). The third-order valence-corrected chi connectivity index (χ3v) is 3.62. The van der Waals surface area contributed by atoms with Gasteiger partial charge in [-0.1, -0.05) is 13.0 Å². The van der Waals surface area contributed by atoms with Crippen LogP contribution in [0.15, 0.2) is 36.1 Å². The fourth-order valence-electron chi connectivity index (χ4n) is 2.39. The fraction of sp³-hybridized carbons (Fsp3) is 0.412. The Morgan fingerprint density at radius 1 is 1.43 bits per heavy atom. The van der Waals surface area contributed by atoms with Crippen LogP contribution in [0, 0.1) is 18.8 Å². The molecule has 0 aliphatic heterocycles. The summed E-state index contributed by atoms with van der Waals surface area (Å²) in [5, 5.41) is 2.72. The van der Waals surface area contributed by atoms with Crippen molar-refractivity contribution in [1.29, 1.82) is 0 Å². The average Bonchev–Trinajstić information content (AvgIpc) is 2.53. The maximum absolute atomic E-state index is 12.2. The number of nitrogens with one attached hydrogen (secondary N) is 1. The van der Waals surface area contributed by atoms with Gasteiger partial charge in [-0.2, -0.15) is 0 Å². The number of allylic oxidation sites excluding steroid dienone is 2. The van der Waals surface area contributed by atoms with Gasteiger partial charge in [-0.3, -0.25) is 4.79 Å². The Hall–Kier alpha value is -2.18. The molecule has 1 aliphatic carbocycles. The molecule has 0 fully saturated rings. The van der Waals surface area contributed by atoms with Crippen molar-refractivity contribution in [1.82, 2.24) is 10.3 Å². The molecule has 1 amide bonds. The second-order valence-corrected chi connectivity index (χ2v) is 5.55. The first-order valence-corrected chi connectivity index (χ1v) is 7.55. The molecule has 2 rings (SSSR count). The van der Waals surface area contributed by atoms with E-state index in [-0.39, 0.29) is 24.5 Å². The quantitative estimate of drug-likeness (QED) is 0.779. The van der Waals surface area contributed by atoms with Gasteiger partial charge in [0.05, 0.1) is 5.92 Å². The third-order valence-electron chi connectivity index (χ3n) is 3.62. The lowest BCUT2D eigenvalue weighted by Gasteiger charge is -2.22. The Balaban J connectivity index is 2.14. The molecule has 6 heteroatoms. The fourth-order valence-corrected chi connectivity index (χ4v) is 2.39. The molecule has 2 unspecified atom stereocenters. The maximum Gasteiger partial charge on any atom is 0.229 e. The van der Waals surface area contributed by atoms with Crippen molar-refractivity contribution < 1.29 is 14.3 Å². The molecule has 1 heterocycles. The van der Waals surface area contributed by atoms with Crippen LogP contribution in [-0.4, -0.2) is 24.7 Å². The topological polar surface area (TPSA) is 86.5 Å². The normalized spacial score (nSPS) is 20.1. The molecule has 0 spiro atoms. The Bertz CT molecular complexity index is 626. The highest BCUT2D eigenvalue weighted by atomic mass is 16.5. The molecule has 1 aliphatic rings. The lowest BCUT2D eigenvalue weighted by molar-refractivity contribution is -0.126. The zero-order valence-corrected chi connectivity index (χ0v) is 13.7. The van der Waals surface area contributed by atoms with Crippen LogP contribution in [0.2, 0.25) is 0 Å². The number of pyridine rings is 1. The summed E-state index contributed by atoms with van der Waals surface area (Å²) in [5.74, 6) is 0.770. The minimum Gasteiger partial charge on any atom is -0.439 e. The van der Waals surface area contributed by atoms with Crippen molar-refractivity contribution in [3.8, 4) is 5.88 Å². The maximum atomic E-state index is 12.2.